The molecule has 0 bridgehead atoms. The summed E-state index contributed by atoms with van der Waals surface area (Å²) in [5, 5.41) is 0. The molecule has 0 unspecified atom stereocenters. The Balaban J connectivity index is 2.54. The third kappa shape index (κ3) is 4.16. The first-order valence-electron chi connectivity index (χ1n) is 6.08. The zero-order valence-corrected chi connectivity index (χ0v) is 11.2. The molecule has 0 saturated carbocycles. The lowest BCUT2D eigenvalue weighted by Gasteiger charge is -2.37. The lowest BCUT2D eigenvalue weighted by Crippen LogP contribution is -2.50. The Kier molecular flexibility index (Phi) is 4.77. The summed E-state index contributed by atoms with van der Waals surface area (Å²) in [6.45, 7) is 7.45. The number of amides is 1. The largest absolute Gasteiger partial charge is 0.444 e. The van der Waals surface area contributed by atoms with E-state index in [1.165, 1.54) is 0 Å². The first-order chi connectivity index (χ1) is 7.87. The predicted molar refractivity (Wildman–Crippen MR) is 65.8 cm³/mol. The molecule has 0 aromatic carbocycles. The Labute approximate surface area is 103 Å². The Morgan fingerprint density at radius 2 is 2.12 bits per heavy atom. The summed E-state index contributed by atoms with van der Waals surface area (Å²) in [5.74, 6) is 0.332. The second-order valence-electron chi connectivity index (χ2n) is 5.48. The van der Waals surface area contributed by atoms with E-state index in [9.17, 15) is 4.79 Å². The van der Waals surface area contributed by atoms with Gasteiger partial charge in [-0.15, -0.1) is 0 Å². The molecule has 1 amide bonds. The van der Waals surface area contributed by atoms with Crippen LogP contribution in [0.15, 0.2) is 0 Å². The van der Waals surface area contributed by atoms with Crippen molar-refractivity contribution in [3.8, 4) is 0 Å². The van der Waals surface area contributed by atoms with Crippen molar-refractivity contribution in [1.29, 1.82) is 0 Å². The van der Waals surface area contributed by atoms with Crippen molar-refractivity contribution >= 4 is 6.09 Å². The molecule has 0 radical (unpaired) electrons. The molecular formula is C12H24N2O3. The van der Waals surface area contributed by atoms with Crippen LogP contribution in [0.5, 0.6) is 0 Å². The third-order valence-corrected chi connectivity index (χ3v) is 2.95. The first-order valence-corrected chi connectivity index (χ1v) is 6.08. The van der Waals surface area contributed by atoms with Crippen LogP contribution in [0.4, 0.5) is 4.79 Å². The molecule has 0 aromatic rings. The van der Waals surface area contributed by atoms with Gasteiger partial charge in [0, 0.05) is 19.6 Å². The second kappa shape index (κ2) is 5.69. The van der Waals surface area contributed by atoms with Crippen LogP contribution in [0.3, 0.4) is 0 Å². The molecule has 17 heavy (non-hydrogen) atoms. The molecule has 5 heteroatoms. The van der Waals surface area contributed by atoms with Crippen molar-refractivity contribution in [3.63, 3.8) is 0 Å². The number of carbonyl (C=O) groups is 1. The molecule has 0 spiro atoms. The number of rotatable bonds is 2. The fraction of sp³-hybridized carbons (Fsp3) is 0.917. The number of ether oxygens (including phenoxy) is 2. The van der Waals surface area contributed by atoms with Gasteiger partial charge in [-0.2, -0.15) is 0 Å². The molecule has 0 aliphatic carbocycles. The van der Waals surface area contributed by atoms with Gasteiger partial charge in [0.15, 0.2) is 0 Å². The molecular weight excluding hydrogens is 220 g/mol. The zero-order valence-electron chi connectivity index (χ0n) is 11.2. The number of hydrogen-bond donors (Lipinski definition) is 1. The molecule has 5 nitrogen and oxygen atoms in total. The van der Waals surface area contributed by atoms with Gasteiger partial charge in [-0.3, -0.25) is 0 Å². The van der Waals surface area contributed by atoms with Crippen molar-refractivity contribution < 1.29 is 14.3 Å². The van der Waals surface area contributed by atoms with Gasteiger partial charge in [0.25, 0.3) is 0 Å². The Hall–Kier alpha value is -0.810. The van der Waals surface area contributed by atoms with Crippen LogP contribution in [-0.2, 0) is 9.47 Å². The summed E-state index contributed by atoms with van der Waals surface area (Å²) < 4.78 is 10.7. The number of nitrogens with two attached hydrogens (primary N) is 1. The van der Waals surface area contributed by atoms with E-state index in [4.69, 9.17) is 15.2 Å². The van der Waals surface area contributed by atoms with Gasteiger partial charge in [0.2, 0.25) is 0 Å². The van der Waals surface area contributed by atoms with E-state index in [2.05, 4.69) is 0 Å². The molecule has 1 aliphatic rings. The number of carbonyl (C=O) groups excluding carboxylic acids is 1. The lowest BCUT2D eigenvalue weighted by molar-refractivity contribution is -0.0266. The lowest BCUT2D eigenvalue weighted by atomic mass is 9.94. The summed E-state index contributed by atoms with van der Waals surface area (Å²) in [5.41, 5.74) is 5.22. The number of piperidine rings is 1. The smallest absolute Gasteiger partial charge is 0.410 e. The average molecular weight is 244 g/mol. The number of hydrogen-bond acceptors (Lipinski definition) is 4. The van der Waals surface area contributed by atoms with E-state index in [0.717, 1.165) is 6.42 Å². The van der Waals surface area contributed by atoms with Crippen LogP contribution < -0.4 is 5.73 Å². The standard InChI is InChI=1S/C12H24N2O3/c1-12(2,3)17-11(15)14-6-5-9(7-13)10(8-14)16-4/h9-10H,5-8,13H2,1-4H3/t9-,10-/m0/s1. The molecule has 2 N–H and O–H groups in total. The highest BCUT2D eigenvalue weighted by Crippen LogP contribution is 2.21. The third-order valence-electron chi connectivity index (χ3n) is 2.95. The monoisotopic (exact) mass is 244 g/mol. The van der Waals surface area contributed by atoms with E-state index in [0.29, 0.717) is 25.6 Å². The Morgan fingerprint density at radius 3 is 2.59 bits per heavy atom. The van der Waals surface area contributed by atoms with Gasteiger partial charge in [0.1, 0.15) is 5.60 Å². The quantitative estimate of drug-likeness (QED) is 0.793. The van der Waals surface area contributed by atoms with Crippen LogP contribution in [-0.4, -0.2) is 49.4 Å². The van der Waals surface area contributed by atoms with E-state index in [1.807, 2.05) is 20.8 Å². The molecule has 1 heterocycles. The van der Waals surface area contributed by atoms with Crippen LogP contribution in [0.25, 0.3) is 0 Å². The van der Waals surface area contributed by atoms with Crippen molar-refractivity contribution in [1.82, 2.24) is 4.90 Å². The fourth-order valence-electron chi connectivity index (χ4n) is 1.99. The highest BCUT2D eigenvalue weighted by atomic mass is 16.6. The van der Waals surface area contributed by atoms with Gasteiger partial charge in [-0.05, 0) is 33.7 Å². The Bertz CT molecular complexity index is 263. The molecule has 100 valence electrons. The molecule has 0 aromatic heterocycles. The maximum atomic E-state index is 11.9. The number of nitrogens with zero attached hydrogens (tertiary/aromatic N) is 1. The maximum absolute atomic E-state index is 11.9. The molecule has 1 fully saturated rings. The summed E-state index contributed by atoms with van der Waals surface area (Å²) in [6, 6.07) is 0. The van der Waals surface area contributed by atoms with Crippen molar-refractivity contribution in [2.45, 2.75) is 38.9 Å². The normalized spacial score (nSPS) is 25.8. The van der Waals surface area contributed by atoms with Crippen molar-refractivity contribution in [2.75, 3.05) is 26.7 Å². The molecule has 1 rings (SSSR count). The molecule has 1 aliphatic heterocycles. The molecule has 2 atom stereocenters. The van der Waals surface area contributed by atoms with Crippen molar-refractivity contribution in [2.24, 2.45) is 11.7 Å². The zero-order chi connectivity index (χ0) is 13.1. The summed E-state index contributed by atoms with van der Waals surface area (Å²) in [4.78, 5) is 13.6. The van der Waals surface area contributed by atoms with Gasteiger partial charge < -0.3 is 20.1 Å². The maximum Gasteiger partial charge on any atom is 0.410 e. The van der Waals surface area contributed by atoms with Crippen LogP contribution in [0.1, 0.15) is 27.2 Å². The average Bonchev–Trinajstić information content (AvgIpc) is 2.25. The molecule has 1 saturated heterocycles. The van der Waals surface area contributed by atoms with Gasteiger partial charge >= 0.3 is 6.09 Å². The minimum absolute atomic E-state index is 0.0151. The number of methoxy groups -OCH3 is 1. The van der Waals surface area contributed by atoms with Crippen LogP contribution in [0, 0.1) is 5.92 Å². The topological polar surface area (TPSA) is 64.8 Å². The second-order valence-corrected chi connectivity index (χ2v) is 5.48. The predicted octanol–water partition coefficient (Wildman–Crippen LogP) is 1.22. The van der Waals surface area contributed by atoms with Gasteiger partial charge in [-0.25, -0.2) is 4.79 Å². The highest BCUT2D eigenvalue weighted by Gasteiger charge is 2.32. The minimum atomic E-state index is -0.454. The van der Waals surface area contributed by atoms with Crippen molar-refractivity contribution in [3.05, 3.63) is 0 Å². The van der Waals surface area contributed by atoms with Crippen LogP contribution in [0.2, 0.25) is 0 Å². The summed E-state index contributed by atoms with van der Waals surface area (Å²) in [6.07, 6.45) is 0.616. The minimum Gasteiger partial charge on any atom is -0.444 e. The van der Waals surface area contributed by atoms with E-state index >= 15 is 0 Å². The van der Waals surface area contributed by atoms with E-state index < -0.39 is 5.60 Å². The van der Waals surface area contributed by atoms with Gasteiger partial charge in [0.05, 0.1) is 12.6 Å². The Morgan fingerprint density at radius 1 is 1.47 bits per heavy atom. The summed E-state index contributed by atoms with van der Waals surface area (Å²) in [7, 11) is 1.66. The van der Waals surface area contributed by atoms with Crippen LogP contribution >= 0.6 is 0 Å². The van der Waals surface area contributed by atoms with E-state index in [-0.39, 0.29) is 12.2 Å². The van der Waals surface area contributed by atoms with E-state index in [1.54, 1.807) is 12.0 Å². The highest BCUT2D eigenvalue weighted by molar-refractivity contribution is 5.68. The first kappa shape index (κ1) is 14.3. The van der Waals surface area contributed by atoms with Gasteiger partial charge in [-0.1, -0.05) is 0 Å². The SMILES string of the molecule is CO[C@H]1CN(C(=O)OC(C)(C)C)CC[C@H]1CN. The fourth-order valence-corrected chi connectivity index (χ4v) is 1.99. The number of likely N-dealkylation sites (tertiary alicyclic amines) is 1. The summed E-state index contributed by atoms with van der Waals surface area (Å²) >= 11 is 0.